The predicted molar refractivity (Wildman–Crippen MR) is 120 cm³/mol. The molecule has 0 N–H and O–H groups in total. The Hall–Kier alpha value is -1.72. The van der Waals surface area contributed by atoms with Gasteiger partial charge in [0.2, 0.25) is 0 Å². The Balaban J connectivity index is 1.73. The number of hydrogen-bond donors (Lipinski definition) is 0. The first-order valence-electron chi connectivity index (χ1n) is 11.3. The minimum Gasteiger partial charge on any atom is -0.463 e. The van der Waals surface area contributed by atoms with Crippen LogP contribution in [0.1, 0.15) is 46.1 Å². The van der Waals surface area contributed by atoms with Gasteiger partial charge in [0.25, 0.3) is 0 Å². The molecule has 3 aliphatic rings. The first kappa shape index (κ1) is 21.5. The van der Waals surface area contributed by atoms with Crippen LogP contribution >= 0.6 is 0 Å². The largest absolute Gasteiger partial charge is 0.463 e. The number of esters is 1. The maximum Gasteiger partial charge on any atom is 0.335 e. The van der Waals surface area contributed by atoms with Crippen LogP contribution in [0, 0.1) is 23.7 Å². The molecule has 2 fully saturated rings. The standard InChI is InChI=1S/C25H34O4Si/c1-7-28-24(27)22-19(15-11-9-8-10-12-15)23(26)20-16-13-17(21(20)22)18(14-16)29-30(5,6)25(2,3)4/h8-12,16-18,20-21H,7,13-14H2,1-6H3/t16-,17+,18-,20-,21+/m0/s1. The first-order chi connectivity index (χ1) is 14.1. The molecule has 0 aromatic heterocycles. The van der Waals surface area contributed by atoms with Crippen LogP contribution in [-0.4, -0.2) is 32.8 Å². The molecule has 0 radical (unpaired) electrons. The lowest BCUT2D eigenvalue weighted by Crippen LogP contribution is -2.47. The van der Waals surface area contributed by atoms with E-state index in [0.29, 0.717) is 23.7 Å². The normalized spacial score (nSPS) is 30.7. The summed E-state index contributed by atoms with van der Waals surface area (Å²) in [5.41, 5.74) is 2.03. The highest BCUT2D eigenvalue weighted by atomic mass is 28.4. The molecule has 0 unspecified atom stereocenters. The average molecular weight is 427 g/mol. The van der Waals surface area contributed by atoms with Crippen molar-refractivity contribution >= 4 is 25.6 Å². The number of carbonyl (C=O) groups is 2. The molecule has 5 atom stereocenters. The molecular formula is C25H34O4Si. The number of rotatable bonds is 5. The zero-order valence-electron chi connectivity index (χ0n) is 19.0. The molecule has 0 aliphatic heterocycles. The highest BCUT2D eigenvalue weighted by Gasteiger charge is 2.63. The fraction of sp³-hybridized carbons (Fsp3) is 0.600. The van der Waals surface area contributed by atoms with Crippen molar-refractivity contribution < 1.29 is 18.8 Å². The molecule has 4 rings (SSSR count). The van der Waals surface area contributed by atoms with Crippen LogP contribution in [0.3, 0.4) is 0 Å². The van der Waals surface area contributed by atoms with Crippen molar-refractivity contribution in [2.45, 2.75) is 64.8 Å². The van der Waals surface area contributed by atoms with Crippen molar-refractivity contribution in [2.75, 3.05) is 6.61 Å². The number of benzene rings is 1. The summed E-state index contributed by atoms with van der Waals surface area (Å²) in [4.78, 5) is 26.6. The van der Waals surface area contributed by atoms with E-state index >= 15 is 0 Å². The number of ether oxygens (including phenoxy) is 1. The number of Topliss-reactive ketones (excluding diaryl/α,β-unsaturated/α-hetero) is 1. The van der Waals surface area contributed by atoms with E-state index in [9.17, 15) is 9.59 Å². The van der Waals surface area contributed by atoms with Crippen LogP contribution < -0.4 is 0 Å². The SMILES string of the molecule is CCOC(=O)C1=C(c2ccccc2)C(=O)[C@H]2[C@H]3C[C@@H]([C@@H]12)[C@@H](O[Si](C)(C)C(C)(C)C)C3. The quantitative estimate of drug-likeness (QED) is 0.477. The Morgan fingerprint density at radius 1 is 1.10 bits per heavy atom. The highest BCUT2D eigenvalue weighted by Crippen LogP contribution is 2.62. The maximum atomic E-state index is 13.5. The Bertz CT molecular complexity index is 880. The van der Waals surface area contributed by atoms with Crippen LogP contribution in [0.15, 0.2) is 35.9 Å². The Morgan fingerprint density at radius 3 is 2.37 bits per heavy atom. The van der Waals surface area contributed by atoms with E-state index < -0.39 is 8.32 Å². The Kier molecular flexibility index (Phi) is 5.34. The molecule has 30 heavy (non-hydrogen) atoms. The van der Waals surface area contributed by atoms with E-state index in [2.05, 4.69) is 33.9 Å². The number of ketones is 1. The van der Waals surface area contributed by atoms with E-state index in [4.69, 9.17) is 9.16 Å². The third-order valence-electron chi connectivity index (χ3n) is 7.91. The molecule has 3 aliphatic carbocycles. The van der Waals surface area contributed by atoms with Crippen LogP contribution in [0.5, 0.6) is 0 Å². The molecular weight excluding hydrogens is 392 g/mol. The second-order valence-corrected chi connectivity index (χ2v) is 15.4. The van der Waals surface area contributed by atoms with Gasteiger partial charge in [-0.2, -0.15) is 0 Å². The smallest absolute Gasteiger partial charge is 0.335 e. The lowest BCUT2D eigenvalue weighted by atomic mass is 9.77. The monoisotopic (exact) mass is 426 g/mol. The van der Waals surface area contributed by atoms with E-state index in [1.807, 2.05) is 37.3 Å². The average Bonchev–Trinajstić information content (AvgIpc) is 3.31. The van der Waals surface area contributed by atoms with Crippen LogP contribution in [-0.2, 0) is 18.8 Å². The topological polar surface area (TPSA) is 52.6 Å². The zero-order chi connectivity index (χ0) is 21.8. The number of carbonyl (C=O) groups excluding carboxylic acids is 2. The van der Waals surface area contributed by atoms with Gasteiger partial charge in [-0.3, -0.25) is 4.79 Å². The van der Waals surface area contributed by atoms with Crippen molar-refractivity contribution in [3.05, 3.63) is 41.5 Å². The number of allylic oxidation sites excluding steroid dienone is 1. The van der Waals surface area contributed by atoms with E-state index in [-0.39, 0.29) is 40.6 Å². The summed E-state index contributed by atoms with van der Waals surface area (Å²) in [6.45, 7) is 13.5. The molecule has 0 amide bonds. The summed E-state index contributed by atoms with van der Waals surface area (Å²) in [5.74, 6) is 0.166. The molecule has 1 aromatic carbocycles. The van der Waals surface area contributed by atoms with Crippen molar-refractivity contribution in [1.82, 2.24) is 0 Å². The van der Waals surface area contributed by atoms with E-state index in [0.717, 1.165) is 18.4 Å². The van der Waals surface area contributed by atoms with Crippen molar-refractivity contribution in [1.29, 1.82) is 0 Å². The van der Waals surface area contributed by atoms with Gasteiger partial charge in [-0.1, -0.05) is 51.1 Å². The summed E-state index contributed by atoms with van der Waals surface area (Å²) in [7, 11) is -1.93. The molecule has 0 saturated heterocycles. The maximum absolute atomic E-state index is 13.5. The second-order valence-electron chi connectivity index (χ2n) is 10.6. The third-order valence-corrected chi connectivity index (χ3v) is 12.4. The van der Waals surface area contributed by atoms with E-state index in [1.165, 1.54) is 0 Å². The fourth-order valence-electron chi connectivity index (χ4n) is 5.58. The van der Waals surface area contributed by atoms with Crippen LogP contribution in [0.2, 0.25) is 18.1 Å². The third kappa shape index (κ3) is 3.30. The molecule has 1 aromatic rings. The van der Waals surface area contributed by atoms with Crippen LogP contribution in [0.25, 0.3) is 5.57 Å². The summed E-state index contributed by atoms with van der Waals surface area (Å²) < 4.78 is 12.3. The molecule has 162 valence electrons. The Labute approximate surface area is 181 Å². The van der Waals surface area contributed by atoms with Gasteiger partial charge in [0.05, 0.1) is 12.2 Å². The van der Waals surface area contributed by atoms with E-state index in [1.54, 1.807) is 0 Å². The lowest BCUT2D eigenvalue weighted by Gasteiger charge is -2.42. The highest BCUT2D eigenvalue weighted by molar-refractivity contribution is 6.74. The number of hydrogen-bond acceptors (Lipinski definition) is 4. The van der Waals surface area contributed by atoms with Gasteiger partial charge in [0.1, 0.15) is 0 Å². The summed E-state index contributed by atoms with van der Waals surface area (Å²) in [6.07, 6.45) is 2.04. The van der Waals surface area contributed by atoms with Crippen molar-refractivity contribution in [3.8, 4) is 0 Å². The zero-order valence-corrected chi connectivity index (χ0v) is 20.0. The minimum absolute atomic E-state index is 0.0692. The molecule has 0 heterocycles. The van der Waals surface area contributed by atoms with Crippen LogP contribution in [0.4, 0.5) is 0 Å². The van der Waals surface area contributed by atoms with Gasteiger partial charge in [0, 0.05) is 23.5 Å². The van der Waals surface area contributed by atoms with Gasteiger partial charge in [-0.15, -0.1) is 0 Å². The second kappa shape index (κ2) is 7.45. The fourth-order valence-corrected chi connectivity index (χ4v) is 6.96. The summed E-state index contributed by atoms with van der Waals surface area (Å²) >= 11 is 0. The van der Waals surface area contributed by atoms with Gasteiger partial charge in [-0.25, -0.2) is 4.79 Å². The molecule has 0 spiro atoms. The van der Waals surface area contributed by atoms with Crippen molar-refractivity contribution in [3.63, 3.8) is 0 Å². The molecule has 5 heteroatoms. The summed E-state index contributed by atoms with van der Waals surface area (Å²) in [5, 5.41) is 0.134. The van der Waals surface area contributed by atoms with Crippen molar-refractivity contribution in [2.24, 2.45) is 23.7 Å². The Morgan fingerprint density at radius 2 is 1.77 bits per heavy atom. The molecule has 4 nitrogen and oxygen atoms in total. The predicted octanol–water partition coefficient (Wildman–Crippen LogP) is 5.25. The first-order valence-corrected chi connectivity index (χ1v) is 14.2. The minimum atomic E-state index is -1.93. The lowest BCUT2D eigenvalue weighted by molar-refractivity contribution is -0.139. The summed E-state index contributed by atoms with van der Waals surface area (Å²) in [6, 6.07) is 9.63. The number of fused-ring (bicyclic) bond motifs is 5. The van der Waals surface area contributed by atoms with Gasteiger partial charge in [0.15, 0.2) is 14.1 Å². The van der Waals surface area contributed by atoms with Gasteiger partial charge >= 0.3 is 5.97 Å². The molecule has 2 bridgehead atoms. The van der Waals surface area contributed by atoms with Gasteiger partial charge < -0.3 is 9.16 Å². The molecule has 2 saturated carbocycles. The van der Waals surface area contributed by atoms with Gasteiger partial charge in [-0.05, 0) is 55.3 Å².